The second-order valence-electron chi connectivity index (χ2n) is 11.5. The first-order valence-corrected chi connectivity index (χ1v) is 12.7. The molecule has 2 saturated heterocycles. The number of aromatic hydroxyl groups is 1. The van der Waals surface area contributed by atoms with Crippen molar-refractivity contribution in [1.29, 1.82) is 0 Å². The van der Waals surface area contributed by atoms with Crippen LogP contribution in [-0.2, 0) is 23.1 Å². The zero-order valence-electron chi connectivity index (χ0n) is 21.2. The summed E-state index contributed by atoms with van der Waals surface area (Å²) in [6, 6.07) is 14.1. The van der Waals surface area contributed by atoms with E-state index in [1.165, 1.54) is 11.1 Å². The molecule has 0 saturated carbocycles. The Balaban J connectivity index is 1.36. The molecule has 0 spiro atoms. The molecule has 5 nitrogen and oxygen atoms in total. The van der Waals surface area contributed by atoms with Crippen LogP contribution in [0.25, 0.3) is 0 Å². The van der Waals surface area contributed by atoms with E-state index in [2.05, 4.69) is 62.6 Å². The molecular weight excluding hydrogens is 424 g/mol. The molecule has 5 rings (SSSR count). The summed E-state index contributed by atoms with van der Waals surface area (Å²) in [6.07, 6.45) is 2.09. The summed E-state index contributed by atoms with van der Waals surface area (Å²) >= 11 is 0. The minimum Gasteiger partial charge on any atom is -0.508 e. The first kappa shape index (κ1) is 23.4. The summed E-state index contributed by atoms with van der Waals surface area (Å²) in [6.45, 7) is 14.6. The van der Waals surface area contributed by atoms with E-state index in [1.807, 2.05) is 18.2 Å². The molecule has 2 unspecified atom stereocenters. The third kappa shape index (κ3) is 3.74. The van der Waals surface area contributed by atoms with E-state index in [-0.39, 0.29) is 35.0 Å². The summed E-state index contributed by atoms with van der Waals surface area (Å²) in [5, 5.41) is 10.6. The summed E-state index contributed by atoms with van der Waals surface area (Å²) < 4.78 is 5.85. The predicted molar refractivity (Wildman–Crippen MR) is 134 cm³/mol. The maximum atomic E-state index is 13.7. The molecule has 2 fully saturated rings. The highest BCUT2D eigenvalue weighted by Crippen LogP contribution is 2.57. The van der Waals surface area contributed by atoms with Crippen molar-refractivity contribution in [2.24, 2.45) is 5.41 Å². The van der Waals surface area contributed by atoms with Gasteiger partial charge in [-0.2, -0.15) is 0 Å². The molecule has 4 atom stereocenters. The van der Waals surface area contributed by atoms with Gasteiger partial charge in [-0.3, -0.25) is 9.69 Å². The molecular formula is C29H38N2O3. The van der Waals surface area contributed by atoms with E-state index in [1.54, 1.807) is 6.07 Å². The molecule has 34 heavy (non-hydrogen) atoms. The number of phenolic OH excluding ortho intramolecular Hbond substituents is 1. The van der Waals surface area contributed by atoms with Crippen LogP contribution in [0.5, 0.6) is 5.75 Å². The molecule has 1 amide bonds. The zero-order chi connectivity index (χ0) is 24.3. The van der Waals surface area contributed by atoms with Crippen LogP contribution in [0.1, 0.15) is 68.1 Å². The van der Waals surface area contributed by atoms with Gasteiger partial charge in [0.05, 0.1) is 12.2 Å². The van der Waals surface area contributed by atoms with Crippen molar-refractivity contribution in [1.82, 2.24) is 9.80 Å². The largest absolute Gasteiger partial charge is 0.508 e. The lowest BCUT2D eigenvalue weighted by atomic mass is 9.51. The van der Waals surface area contributed by atoms with Gasteiger partial charge in [0.25, 0.3) is 5.91 Å². The molecule has 0 radical (unpaired) electrons. The average molecular weight is 463 g/mol. The normalized spacial score (nSPS) is 30.6. The molecule has 2 heterocycles. The third-order valence-electron chi connectivity index (χ3n) is 8.99. The Labute approximate surface area is 203 Å². The van der Waals surface area contributed by atoms with Crippen LogP contribution in [-0.4, -0.2) is 58.7 Å². The smallest absolute Gasteiger partial charge is 0.254 e. The number of rotatable bonds is 3. The van der Waals surface area contributed by atoms with Gasteiger partial charge in [-0.05, 0) is 67.0 Å². The lowest BCUT2D eigenvalue weighted by Crippen LogP contribution is -2.64. The van der Waals surface area contributed by atoms with Gasteiger partial charge in [0.1, 0.15) is 5.75 Å². The lowest BCUT2D eigenvalue weighted by Gasteiger charge is -2.60. The zero-order valence-corrected chi connectivity index (χ0v) is 21.2. The number of nitrogens with zero attached hydrogens (tertiary/aromatic N) is 2. The molecule has 3 aliphatic rings. The number of hydrogen-bond donors (Lipinski definition) is 1. The summed E-state index contributed by atoms with van der Waals surface area (Å²) in [7, 11) is 0. The first-order chi connectivity index (χ1) is 16.1. The number of piperidine rings is 1. The van der Waals surface area contributed by atoms with E-state index in [0.29, 0.717) is 12.2 Å². The molecule has 2 aromatic rings. The number of fused-ring (bicyclic) bond motifs is 4. The fraction of sp³-hybridized carbons (Fsp3) is 0.552. The van der Waals surface area contributed by atoms with Crippen molar-refractivity contribution in [2.45, 2.75) is 77.7 Å². The lowest BCUT2D eigenvalue weighted by molar-refractivity contribution is -0.0704. The molecule has 5 heteroatoms. The molecule has 182 valence electrons. The van der Waals surface area contributed by atoms with E-state index >= 15 is 0 Å². The van der Waals surface area contributed by atoms with E-state index in [0.717, 1.165) is 43.7 Å². The highest BCUT2D eigenvalue weighted by Gasteiger charge is 2.57. The van der Waals surface area contributed by atoms with Crippen molar-refractivity contribution in [3.05, 3.63) is 64.7 Å². The maximum Gasteiger partial charge on any atom is 0.254 e. The van der Waals surface area contributed by atoms with Crippen molar-refractivity contribution in [3.63, 3.8) is 0 Å². The minimum absolute atomic E-state index is 0.0514. The number of likely N-dealkylation sites (tertiary alicyclic amines) is 1. The van der Waals surface area contributed by atoms with E-state index in [9.17, 15) is 9.90 Å². The fourth-order valence-corrected chi connectivity index (χ4v) is 6.76. The Bertz CT molecular complexity index is 1070. The van der Waals surface area contributed by atoms with Gasteiger partial charge in [-0.1, -0.05) is 45.0 Å². The number of carbonyl (C=O) groups is 1. The SMILES string of the molecule is CC1CN(Cc2ccc(C(=O)N3CC[C@@]4(C)c5cccc(O)c5C[C@@H]3C4(C)C)cc2)CC(C)O1. The maximum absolute atomic E-state index is 13.7. The van der Waals surface area contributed by atoms with Crippen molar-refractivity contribution in [2.75, 3.05) is 19.6 Å². The standard InChI is InChI=1S/C29H38N2O3/c1-19-16-30(17-20(2)34-19)18-21-9-11-22(12-10-21)27(33)31-14-13-29(5)24-7-6-8-25(32)23(24)15-26(31)28(29,3)4/h6-12,19-20,26,32H,13-18H2,1-5H3/t19?,20?,26-,29+/m1/s1. The summed E-state index contributed by atoms with van der Waals surface area (Å²) in [4.78, 5) is 18.2. The number of carbonyl (C=O) groups excluding carboxylic acids is 1. The molecule has 2 aromatic carbocycles. The molecule has 1 N–H and O–H groups in total. The second kappa shape index (κ2) is 8.39. The predicted octanol–water partition coefficient (Wildman–Crippen LogP) is 4.76. The Morgan fingerprint density at radius 3 is 2.41 bits per heavy atom. The quantitative estimate of drug-likeness (QED) is 0.715. The number of phenols is 1. The number of benzene rings is 2. The van der Waals surface area contributed by atoms with Gasteiger partial charge in [-0.15, -0.1) is 0 Å². The second-order valence-corrected chi connectivity index (χ2v) is 11.5. The Morgan fingerprint density at radius 1 is 1.06 bits per heavy atom. The molecule has 0 aromatic heterocycles. The minimum atomic E-state index is -0.0919. The topological polar surface area (TPSA) is 53.0 Å². The highest BCUT2D eigenvalue weighted by atomic mass is 16.5. The number of hydrogen-bond acceptors (Lipinski definition) is 4. The summed E-state index contributed by atoms with van der Waals surface area (Å²) in [5.41, 5.74) is 4.06. The van der Waals surface area contributed by atoms with Crippen LogP contribution in [0.3, 0.4) is 0 Å². The van der Waals surface area contributed by atoms with Gasteiger partial charge >= 0.3 is 0 Å². The average Bonchev–Trinajstić information content (AvgIpc) is 2.76. The van der Waals surface area contributed by atoms with Crippen LogP contribution < -0.4 is 0 Å². The molecule has 1 aliphatic carbocycles. The van der Waals surface area contributed by atoms with Gasteiger partial charge in [0.15, 0.2) is 0 Å². The highest BCUT2D eigenvalue weighted by molar-refractivity contribution is 5.94. The molecule has 2 aliphatic heterocycles. The monoisotopic (exact) mass is 462 g/mol. The van der Waals surface area contributed by atoms with Crippen molar-refractivity contribution in [3.8, 4) is 5.75 Å². The van der Waals surface area contributed by atoms with Crippen LogP contribution in [0.4, 0.5) is 0 Å². The van der Waals surface area contributed by atoms with Gasteiger partial charge < -0.3 is 14.7 Å². The van der Waals surface area contributed by atoms with Gasteiger partial charge in [-0.25, -0.2) is 0 Å². The number of ether oxygens (including phenoxy) is 1. The van der Waals surface area contributed by atoms with Crippen LogP contribution in [0.15, 0.2) is 42.5 Å². The van der Waals surface area contributed by atoms with Gasteiger partial charge in [0.2, 0.25) is 0 Å². The summed E-state index contributed by atoms with van der Waals surface area (Å²) in [5.74, 6) is 0.453. The van der Waals surface area contributed by atoms with Crippen LogP contribution >= 0.6 is 0 Å². The van der Waals surface area contributed by atoms with E-state index in [4.69, 9.17) is 4.74 Å². The molecule has 2 bridgehead atoms. The number of amides is 1. The van der Waals surface area contributed by atoms with Gasteiger partial charge in [0, 0.05) is 43.2 Å². The van der Waals surface area contributed by atoms with Crippen molar-refractivity contribution < 1.29 is 14.6 Å². The van der Waals surface area contributed by atoms with Crippen LogP contribution in [0, 0.1) is 5.41 Å². The Morgan fingerprint density at radius 2 is 1.74 bits per heavy atom. The van der Waals surface area contributed by atoms with Crippen molar-refractivity contribution >= 4 is 5.91 Å². The first-order valence-electron chi connectivity index (χ1n) is 12.7. The third-order valence-corrected chi connectivity index (χ3v) is 8.99. The number of morpholine rings is 1. The van der Waals surface area contributed by atoms with Crippen LogP contribution in [0.2, 0.25) is 0 Å². The fourth-order valence-electron chi connectivity index (χ4n) is 6.76. The Hall–Kier alpha value is -2.37. The van der Waals surface area contributed by atoms with E-state index < -0.39 is 0 Å². The Kier molecular flexibility index (Phi) is 5.77.